The lowest BCUT2D eigenvalue weighted by atomic mass is 9.99. The van der Waals surface area contributed by atoms with E-state index in [9.17, 15) is 36.6 Å². The van der Waals surface area contributed by atoms with Crippen LogP contribution in [-0.4, -0.2) is 46.7 Å². The highest BCUT2D eigenvalue weighted by Gasteiger charge is 2.41. The van der Waals surface area contributed by atoms with E-state index < -0.39 is 35.4 Å². The van der Waals surface area contributed by atoms with Gasteiger partial charge in [0.15, 0.2) is 0 Å². The van der Waals surface area contributed by atoms with Crippen molar-refractivity contribution in [1.82, 2.24) is 4.90 Å². The van der Waals surface area contributed by atoms with E-state index in [1.54, 1.807) is 18.7 Å². The molecule has 196 valence electrons. The van der Waals surface area contributed by atoms with Crippen LogP contribution in [0.25, 0.3) is 0 Å². The molecule has 0 aromatic heterocycles. The largest absolute Gasteiger partial charge is 0.463 e. The zero-order valence-electron chi connectivity index (χ0n) is 19.9. The third kappa shape index (κ3) is 8.59. The summed E-state index contributed by atoms with van der Waals surface area (Å²) in [6, 6.07) is 2.23. The molecule has 2 atom stereocenters. The Morgan fingerprint density at radius 3 is 2.46 bits per heavy atom. The van der Waals surface area contributed by atoms with Crippen LogP contribution in [0, 0.1) is 0 Å². The molecule has 1 N–H and O–H groups in total. The standard InChI is InChI=1S/C25H32F5NO4/c1-17(2)35-23(34)10-5-3-4-6-15-31-20(12-14-22(31)33)11-13-21(32)24(26,27)18-8-7-9-19(16-18)25(28,29)30/h7-9,11,13,16-17,20-21,32H,3-6,10,12,14-15H2,1-2H3/b13-11+/t20-,21?/m0/s1. The van der Waals surface area contributed by atoms with Crippen LogP contribution in [0.15, 0.2) is 36.4 Å². The number of alkyl halides is 5. The lowest BCUT2D eigenvalue weighted by Gasteiger charge is -2.24. The van der Waals surface area contributed by atoms with Gasteiger partial charge in [-0.25, -0.2) is 0 Å². The Kier molecular flexibility index (Phi) is 10.2. The van der Waals surface area contributed by atoms with Gasteiger partial charge in [0.2, 0.25) is 5.91 Å². The average molecular weight is 506 g/mol. The van der Waals surface area contributed by atoms with Crippen LogP contribution >= 0.6 is 0 Å². The van der Waals surface area contributed by atoms with E-state index in [1.165, 1.54) is 6.08 Å². The fraction of sp³-hybridized carbons (Fsp3) is 0.600. The molecule has 0 bridgehead atoms. The summed E-state index contributed by atoms with van der Waals surface area (Å²) in [7, 11) is 0. The summed E-state index contributed by atoms with van der Waals surface area (Å²) in [5.74, 6) is -4.32. The molecule has 1 amide bonds. The molecule has 1 aromatic rings. The van der Waals surface area contributed by atoms with Crippen LogP contribution in [0.1, 0.15) is 69.9 Å². The van der Waals surface area contributed by atoms with E-state index >= 15 is 0 Å². The van der Waals surface area contributed by atoms with Gasteiger partial charge in [-0.05, 0) is 45.2 Å². The minimum Gasteiger partial charge on any atom is -0.463 e. The number of halogens is 5. The number of carbonyl (C=O) groups excluding carboxylic acids is 2. The minimum atomic E-state index is -4.78. The van der Waals surface area contributed by atoms with Gasteiger partial charge in [-0.15, -0.1) is 0 Å². The van der Waals surface area contributed by atoms with E-state index in [4.69, 9.17) is 4.74 Å². The molecule has 0 aliphatic carbocycles. The van der Waals surface area contributed by atoms with E-state index in [0.717, 1.165) is 31.1 Å². The highest BCUT2D eigenvalue weighted by molar-refractivity contribution is 5.79. The Hall–Kier alpha value is -2.49. The quantitative estimate of drug-likeness (QED) is 0.174. The van der Waals surface area contributed by atoms with E-state index in [-0.39, 0.29) is 24.4 Å². The molecule has 35 heavy (non-hydrogen) atoms. The molecule has 1 aromatic carbocycles. The first-order chi connectivity index (χ1) is 16.3. The van der Waals surface area contributed by atoms with Gasteiger partial charge >= 0.3 is 18.1 Å². The maximum absolute atomic E-state index is 14.6. The maximum atomic E-state index is 14.6. The molecule has 10 heteroatoms. The van der Waals surface area contributed by atoms with Crippen molar-refractivity contribution in [3.8, 4) is 0 Å². The molecular weight excluding hydrogens is 473 g/mol. The summed E-state index contributed by atoms with van der Waals surface area (Å²) in [4.78, 5) is 25.3. The van der Waals surface area contributed by atoms with E-state index in [2.05, 4.69) is 0 Å². The third-order valence-electron chi connectivity index (χ3n) is 5.73. The molecule has 1 heterocycles. The number of hydrogen-bond donors (Lipinski definition) is 1. The number of ether oxygens (including phenoxy) is 1. The maximum Gasteiger partial charge on any atom is 0.416 e. The van der Waals surface area contributed by atoms with Gasteiger partial charge in [-0.3, -0.25) is 9.59 Å². The predicted molar refractivity (Wildman–Crippen MR) is 120 cm³/mol. The second kappa shape index (κ2) is 12.5. The van der Waals surface area contributed by atoms with Gasteiger partial charge in [0, 0.05) is 24.9 Å². The van der Waals surface area contributed by atoms with Crippen molar-refractivity contribution >= 4 is 11.9 Å². The fourth-order valence-corrected chi connectivity index (χ4v) is 3.90. The molecule has 0 radical (unpaired) electrons. The summed E-state index contributed by atoms with van der Waals surface area (Å²) >= 11 is 0. The summed E-state index contributed by atoms with van der Waals surface area (Å²) in [6.45, 7) is 3.97. The summed E-state index contributed by atoms with van der Waals surface area (Å²) in [5, 5.41) is 10.0. The number of esters is 1. The van der Waals surface area contributed by atoms with Crippen molar-refractivity contribution in [1.29, 1.82) is 0 Å². The monoisotopic (exact) mass is 505 g/mol. The molecular formula is C25H32F5NO4. The molecule has 5 nitrogen and oxygen atoms in total. The van der Waals surface area contributed by atoms with Crippen molar-refractivity contribution in [2.75, 3.05) is 6.54 Å². The Morgan fingerprint density at radius 2 is 1.80 bits per heavy atom. The number of nitrogens with zero attached hydrogens (tertiary/aromatic N) is 1. The fourth-order valence-electron chi connectivity index (χ4n) is 3.90. The number of aliphatic hydroxyl groups excluding tert-OH is 1. The zero-order valence-corrected chi connectivity index (χ0v) is 19.9. The topological polar surface area (TPSA) is 66.8 Å². The second-order valence-corrected chi connectivity index (χ2v) is 8.93. The smallest absolute Gasteiger partial charge is 0.416 e. The molecule has 0 spiro atoms. The lowest BCUT2D eigenvalue weighted by molar-refractivity contribution is -0.147. The first kappa shape index (κ1) is 28.7. The highest BCUT2D eigenvalue weighted by Crippen LogP contribution is 2.37. The summed E-state index contributed by atoms with van der Waals surface area (Å²) in [5.41, 5.74) is -2.17. The van der Waals surface area contributed by atoms with Crippen LogP contribution < -0.4 is 0 Å². The molecule has 1 unspecified atom stereocenters. The normalized spacial score (nSPS) is 18.0. The number of benzene rings is 1. The van der Waals surface area contributed by atoms with Crippen molar-refractivity contribution in [3.63, 3.8) is 0 Å². The Bertz CT molecular complexity index is 885. The number of hydrogen-bond acceptors (Lipinski definition) is 4. The number of carbonyl (C=O) groups is 2. The van der Waals surface area contributed by atoms with Crippen molar-refractivity contribution < 1.29 is 41.4 Å². The van der Waals surface area contributed by atoms with Crippen LogP contribution in [0.5, 0.6) is 0 Å². The van der Waals surface area contributed by atoms with E-state index in [1.807, 2.05) is 0 Å². The first-order valence-electron chi connectivity index (χ1n) is 11.7. The number of aliphatic hydroxyl groups is 1. The van der Waals surface area contributed by atoms with Crippen LogP contribution in [-0.2, 0) is 26.4 Å². The van der Waals surface area contributed by atoms with E-state index in [0.29, 0.717) is 44.4 Å². The molecule has 1 aliphatic rings. The van der Waals surface area contributed by atoms with Gasteiger partial charge in [-0.2, -0.15) is 22.0 Å². The molecule has 1 aliphatic heterocycles. The Labute approximate surface area is 201 Å². The molecule has 0 saturated carbocycles. The van der Waals surface area contributed by atoms with Gasteiger partial charge in [0.25, 0.3) is 0 Å². The number of rotatable bonds is 12. The second-order valence-electron chi connectivity index (χ2n) is 8.93. The van der Waals surface area contributed by atoms with Gasteiger partial charge in [0.1, 0.15) is 6.10 Å². The summed E-state index contributed by atoms with van der Waals surface area (Å²) < 4.78 is 72.9. The zero-order chi connectivity index (χ0) is 26.2. The van der Waals surface area contributed by atoms with Gasteiger partial charge in [-0.1, -0.05) is 37.1 Å². The minimum absolute atomic E-state index is 0.126. The predicted octanol–water partition coefficient (Wildman–Crippen LogP) is 5.61. The van der Waals surface area contributed by atoms with Gasteiger partial charge < -0.3 is 14.7 Å². The van der Waals surface area contributed by atoms with Crippen molar-refractivity contribution in [2.24, 2.45) is 0 Å². The number of unbranched alkanes of at least 4 members (excludes halogenated alkanes) is 3. The Balaban J connectivity index is 1.89. The first-order valence-corrected chi connectivity index (χ1v) is 11.7. The molecule has 2 rings (SSSR count). The number of amides is 1. The van der Waals surface area contributed by atoms with Crippen molar-refractivity contribution in [2.45, 2.75) is 89.1 Å². The van der Waals surface area contributed by atoms with Crippen molar-refractivity contribution in [3.05, 3.63) is 47.5 Å². The lowest BCUT2D eigenvalue weighted by Crippen LogP contribution is -2.34. The summed E-state index contributed by atoms with van der Waals surface area (Å²) in [6.07, 6.45) is -1.28. The molecule has 1 saturated heterocycles. The Morgan fingerprint density at radius 1 is 1.14 bits per heavy atom. The number of likely N-dealkylation sites (tertiary alicyclic amines) is 1. The third-order valence-corrected chi connectivity index (χ3v) is 5.73. The van der Waals surface area contributed by atoms with Crippen LogP contribution in [0.2, 0.25) is 0 Å². The van der Waals surface area contributed by atoms with Crippen LogP contribution in [0.4, 0.5) is 22.0 Å². The average Bonchev–Trinajstić information content (AvgIpc) is 3.12. The highest BCUT2D eigenvalue weighted by atomic mass is 19.4. The SMILES string of the molecule is CC(C)OC(=O)CCCCCCN1C(=O)CC[C@@H]1/C=C/C(O)C(F)(F)c1cccc(C(F)(F)F)c1. The molecule has 1 fully saturated rings. The van der Waals surface area contributed by atoms with Crippen LogP contribution in [0.3, 0.4) is 0 Å². The van der Waals surface area contributed by atoms with Gasteiger partial charge in [0.05, 0.1) is 17.7 Å².